The van der Waals surface area contributed by atoms with Crippen molar-refractivity contribution in [3.63, 3.8) is 0 Å². The second-order valence-electron chi connectivity index (χ2n) is 28.3. The van der Waals surface area contributed by atoms with Crippen molar-refractivity contribution < 1.29 is 31.5 Å². The monoisotopic (exact) mass is 1310 g/mol. The van der Waals surface area contributed by atoms with Crippen molar-refractivity contribution in [2.45, 2.75) is 78.6 Å². The van der Waals surface area contributed by atoms with Crippen molar-refractivity contribution in [2.75, 3.05) is 9.80 Å². The second kappa shape index (κ2) is 24.1. The molecule has 4 heterocycles. The summed E-state index contributed by atoms with van der Waals surface area (Å²) >= 11 is 0. The van der Waals surface area contributed by atoms with Crippen molar-refractivity contribution >= 4 is 79.0 Å². The Balaban J connectivity index is 1.13. The highest BCUT2D eigenvalue weighted by Crippen LogP contribution is 2.55. The van der Waals surface area contributed by atoms with E-state index in [1.165, 1.54) is 4.57 Å². The van der Waals surface area contributed by atoms with Gasteiger partial charge in [-0.25, -0.2) is 15.0 Å². The Morgan fingerprint density at radius 1 is 0.310 bits per heavy atom. The standard InChI is InChI=1S/C93H77BN6/c1-91(2,3)67-53-73(61-34-18-11-19-35-61)86(74(54-67)62-36-20-12-21-37-62)99-81-52-66(60-32-16-10-17-33-60)48-50-77(81)94-78-51-49-70(98-79-46-30-28-44-71(79)72-45-29-31-47-80(72)98)59-82(78)100(84-58-69(93(7,8)9)57-83(99)85(84)94)87-75(63-38-22-13-23-39-63)55-68(92(4,5)6)56-76(87)90-96-88(64-40-24-14-25-41-64)95-89(97-90)65-42-26-15-27-43-65/h10-59H,1-9H3/i10D,14D,15D,16D,17D,24D,25D,26D,27D,28D,29D,30D,31D,32D,33D,40D,41D,42D,43D,44D,45D,46D,47D. The van der Waals surface area contributed by atoms with Gasteiger partial charge in [0.1, 0.15) is 0 Å². The third-order valence-corrected chi connectivity index (χ3v) is 19.0. The maximum absolute atomic E-state index is 9.90. The van der Waals surface area contributed by atoms with E-state index in [4.69, 9.17) is 30.0 Å². The molecule has 2 aromatic heterocycles. The molecule has 2 aliphatic heterocycles. The molecule has 7 heteroatoms. The van der Waals surface area contributed by atoms with E-state index in [1.54, 1.807) is 18.2 Å². The maximum atomic E-state index is 9.90. The summed E-state index contributed by atoms with van der Waals surface area (Å²) in [5.41, 5.74) is 8.12. The summed E-state index contributed by atoms with van der Waals surface area (Å²) in [6.07, 6.45) is 0. The van der Waals surface area contributed by atoms with Crippen molar-refractivity contribution in [2.24, 2.45) is 0 Å². The number of fused-ring (bicyclic) bond motifs is 7. The minimum Gasteiger partial charge on any atom is -0.310 e. The van der Waals surface area contributed by atoms with Crippen LogP contribution in [0.15, 0.2) is 303 Å². The molecule has 13 aromatic carbocycles. The lowest BCUT2D eigenvalue weighted by molar-refractivity contribution is 0.590. The molecule has 0 atom stereocenters. The van der Waals surface area contributed by atoms with Crippen LogP contribution in [0.1, 0.15) is 111 Å². The van der Waals surface area contributed by atoms with Gasteiger partial charge in [-0.2, -0.15) is 0 Å². The van der Waals surface area contributed by atoms with Crippen LogP contribution in [-0.4, -0.2) is 26.2 Å². The van der Waals surface area contributed by atoms with Crippen LogP contribution in [0, 0.1) is 0 Å². The molecule has 0 aliphatic carbocycles. The molecule has 0 unspecified atom stereocenters. The smallest absolute Gasteiger partial charge is 0.252 e. The molecule has 0 saturated heterocycles. The molecule has 0 bridgehead atoms. The average Bonchev–Trinajstić information content (AvgIpc) is 1.50. The summed E-state index contributed by atoms with van der Waals surface area (Å²) < 4.78 is 216. The third-order valence-electron chi connectivity index (χ3n) is 19.0. The highest BCUT2D eigenvalue weighted by atomic mass is 15.2. The molecule has 6 nitrogen and oxygen atoms in total. The Labute approximate surface area is 620 Å². The van der Waals surface area contributed by atoms with Crippen molar-refractivity contribution in [1.29, 1.82) is 0 Å². The topological polar surface area (TPSA) is 50.1 Å². The van der Waals surface area contributed by atoms with E-state index in [9.17, 15) is 16.4 Å². The van der Waals surface area contributed by atoms with Gasteiger partial charge >= 0.3 is 0 Å². The predicted octanol–water partition coefficient (Wildman–Crippen LogP) is 22.6. The van der Waals surface area contributed by atoms with Crippen molar-refractivity contribution in [3.8, 4) is 84.4 Å². The third kappa shape index (κ3) is 10.7. The summed E-state index contributed by atoms with van der Waals surface area (Å²) in [5.74, 6) is -1.39. The molecule has 0 amide bonds. The molecule has 482 valence electrons. The zero-order valence-corrected chi connectivity index (χ0v) is 56.3. The molecule has 100 heavy (non-hydrogen) atoms. The molecule has 0 saturated carbocycles. The number of benzene rings is 13. The lowest BCUT2D eigenvalue weighted by atomic mass is 9.33. The number of hydrogen-bond donors (Lipinski definition) is 0. The van der Waals surface area contributed by atoms with Crippen LogP contribution >= 0.6 is 0 Å². The number of para-hydroxylation sites is 2. The first kappa shape index (κ1) is 41.6. The van der Waals surface area contributed by atoms with Gasteiger partial charge in [-0.3, -0.25) is 0 Å². The first-order valence-electron chi connectivity index (χ1n) is 44.6. The summed E-state index contributed by atoms with van der Waals surface area (Å²) in [4.78, 5) is 19.5. The molecule has 15 aromatic rings. The summed E-state index contributed by atoms with van der Waals surface area (Å²) in [5, 5.41) is -0.380. The molecular formula is C93H77BN6. The number of nitrogens with zero attached hydrogens (tertiary/aromatic N) is 6. The second-order valence-corrected chi connectivity index (χ2v) is 28.3. The Hall–Kier alpha value is -11.7. The molecule has 17 rings (SSSR count). The number of anilines is 6. The fourth-order valence-corrected chi connectivity index (χ4v) is 14.0. The van der Waals surface area contributed by atoms with Gasteiger partial charge in [0.05, 0.1) is 53.9 Å². The van der Waals surface area contributed by atoms with E-state index in [-0.39, 0.29) is 55.7 Å². The van der Waals surface area contributed by atoms with Gasteiger partial charge in [0, 0.05) is 72.6 Å². The van der Waals surface area contributed by atoms with Crippen LogP contribution in [0.25, 0.3) is 106 Å². The summed E-state index contributed by atoms with van der Waals surface area (Å²) in [7, 11) is 0. The van der Waals surface area contributed by atoms with Crippen LogP contribution in [-0.2, 0) is 16.2 Å². The highest BCUT2D eigenvalue weighted by molar-refractivity contribution is 7.00. The van der Waals surface area contributed by atoms with Gasteiger partial charge in [-0.1, -0.05) is 298 Å². The zero-order valence-electron chi connectivity index (χ0n) is 79.3. The van der Waals surface area contributed by atoms with E-state index in [1.807, 2.05) is 147 Å². The molecule has 0 N–H and O–H groups in total. The van der Waals surface area contributed by atoms with E-state index < -0.39 is 185 Å². The first-order valence-corrected chi connectivity index (χ1v) is 33.1. The van der Waals surface area contributed by atoms with Gasteiger partial charge < -0.3 is 14.4 Å². The van der Waals surface area contributed by atoms with Crippen LogP contribution in [0.5, 0.6) is 0 Å². The van der Waals surface area contributed by atoms with E-state index >= 15 is 0 Å². The Morgan fingerprint density at radius 3 is 1.13 bits per heavy atom. The average molecular weight is 1310 g/mol. The van der Waals surface area contributed by atoms with Crippen LogP contribution in [0.3, 0.4) is 0 Å². The normalized spacial score (nSPS) is 16.0. The quantitative estimate of drug-likeness (QED) is 0.128. The van der Waals surface area contributed by atoms with Gasteiger partial charge in [0.2, 0.25) is 0 Å². The van der Waals surface area contributed by atoms with Crippen LogP contribution < -0.4 is 26.2 Å². The molecular weight excluding hydrogens is 1210 g/mol. The fourth-order valence-electron chi connectivity index (χ4n) is 14.0. The van der Waals surface area contributed by atoms with Gasteiger partial charge in [-0.05, 0) is 144 Å². The minimum absolute atomic E-state index is 0.0715. The number of aromatic nitrogens is 4. The lowest BCUT2D eigenvalue weighted by Gasteiger charge is -2.46. The van der Waals surface area contributed by atoms with Crippen molar-refractivity contribution in [1.82, 2.24) is 19.5 Å². The zero-order chi connectivity index (χ0) is 88.2. The predicted molar refractivity (Wildman–Crippen MR) is 422 cm³/mol. The van der Waals surface area contributed by atoms with Crippen LogP contribution in [0.4, 0.5) is 34.1 Å². The Kier molecular flexibility index (Phi) is 10.0. The summed E-state index contributed by atoms with van der Waals surface area (Å²) in [6.45, 7) is 17.7. The Bertz CT molecular complexity index is 6810. The Morgan fingerprint density at radius 2 is 0.680 bits per heavy atom. The summed E-state index contributed by atoms with van der Waals surface area (Å²) in [6, 6.07) is 37.7. The number of rotatable bonds is 10. The molecule has 0 spiro atoms. The van der Waals surface area contributed by atoms with Gasteiger partial charge in [0.25, 0.3) is 6.71 Å². The largest absolute Gasteiger partial charge is 0.310 e. The van der Waals surface area contributed by atoms with E-state index in [0.29, 0.717) is 61.5 Å². The fraction of sp³-hybridized carbons (Fsp3) is 0.129. The van der Waals surface area contributed by atoms with E-state index in [2.05, 4.69) is 70.7 Å². The molecule has 0 radical (unpaired) electrons. The SMILES string of the molecule is [2H]c1c([2H])c([2H])c(-c2ccc3c(c2)N(c2c(-c4ccccc4)cc(C(C)(C)C)cc2-c2ccccc2)c2cc(C(C)(C)C)cc4c2B3c2ccc(-n3c5c([2H])c([2H])c([2H])c([2H])c5c5c([2H])c([2H])c([2H])c([2H])c53)cc2N4c2c(-c3ccccc3)cc(C(C)(C)C)cc2-c2nc(-c3c([2H])c([2H])c([2H])c([2H])c3[2H])nc(-c3c([2H])c([2H])c([2H])c([2H])c3[2H])n2)c([2H])c1[2H]. The first-order chi connectivity index (χ1) is 58.0. The number of hydrogen-bond acceptors (Lipinski definition) is 5. The highest BCUT2D eigenvalue weighted by Gasteiger charge is 2.47. The van der Waals surface area contributed by atoms with Crippen LogP contribution in [0.2, 0.25) is 0 Å². The lowest BCUT2D eigenvalue weighted by Crippen LogP contribution is -2.61. The van der Waals surface area contributed by atoms with Gasteiger partial charge in [-0.15, -0.1) is 0 Å². The molecule has 0 fully saturated rings. The van der Waals surface area contributed by atoms with Crippen molar-refractivity contribution in [3.05, 3.63) is 319 Å². The van der Waals surface area contributed by atoms with Gasteiger partial charge in [0.15, 0.2) is 17.5 Å². The molecule has 2 aliphatic rings. The maximum Gasteiger partial charge on any atom is 0.252 e. The van der Waals surface area contributed by atoms with E-state index in [0.717, 1.165) is 33.4 Å². The minimum atomic E-state index is -0.937.